The standard InChI is InChI=1S/C15H30N2O2/c1-12(6-4-7-13(2)16)14(18)17-10-5-8-15(3,19)9-11-17/h12-13,19H,4-11,16H2,1-3H3. The molecule has 0 aromatic rings. The summed E-state index contributed by atoms with van der Waals surface area (Å²) in [6, 6.07) is 0.218. The lowest BCUT2D eigenvalue weighted by Gasteiger charge is -2.25. The van der Waals surface area contributed by atoms with Crippen LogP contribution in [0.4, 0.5) is 0 Å². The van der Waals surface area contributed by atoms with Crippen molar-refractivity contribution in [3.8, 4) is 0 Å². The largest absolute Gasteiger partial charge is 0.390 e. The number of hydrogen-bond donors (Lipinski definition) is 2. The summed E-state index contributed by atoms with van der Waals surface area (Å²) in [6.07, 6.45) is 5.27. The Kier molecular flexibility index (Phi) is 6.27. The zero-order chi connectivity index (χ0) is 14.5. The molecule has 1 amide bonds. The first-order chi connectivity index (χ1) is 8.82. The maximum absolute atomic E-state index is 12.4. The number of amides is 1. The number of aliphatic hydroxyl groups is 1. The highest BCUT2D eigenvalue weighted by Gasteiger charge is 2.28. The van der Waals surface area contributed by atoms with E-state index >= 15 is 0 Å². The third-order valence-electron chi connectivity index (χ3n) is 4.09. The van der Waals surface area contributed by atoms with Crippen LogP contribution in [0.1, 0.15) is 59.3 Å². The Morgan fingerprint density at radius 1 is 1.32 bits per heavy atom. The predicted molar refractivity (Wildman–Crippen MR) is 77.7 cm³/mol. The molecule has 3 atom stereocenters. The average molecular weight is 270 g/mol. The van der Waals surface area contributed by atoms with Gasteiger partial charge in [0.15, 0.2) is 0 Å². The van der Waals surface area contributed by atoms with Crippen molar-refractivity contribution in [3.63, 3.8) is 0 Å². The van der Waals surface area contributed by atoms with Crippen molar-refractivity contribution in [2.24, 2.45) is 11.7 Å². The summed E-state index contributed by atoms with van der Waals surface area (Å²) in [5.74, 6) is 0.309. The highest BCUT2D eigenvalue weighted by Crippen LogP contribution is 2.23. The SMILES string of the molecule is CC(N)CCCC(C)C(=O)N1CCCC(C)(O)CC1. The Labute approximate surface area is 117 Å². The maximum Gasteiger partial charge on any atom is 0.225 e. The Bertz CT molecular complexity index is 290. The van der Waals surface area contributed by atoms with E-state index in [2.05, 4.69) is 0 Å². The third kappa shape index (κ3) is 5.91. The fraction of sp³-hybridized carbons (Fsp3) is 0.933. The van der Waals surface area contributed by atoms with E-state index in [0.717, 1.165) is 38.6 Å². The predicted octanol–water partition coefficient (Wildman–Crippen LogP) is 1.90. The molecular weight excluding hydrogens is 240 g/mol. The van der Waals surface area contributed by atoms with Crippen LogP contribution < -0.4 is 5.73 Å². The number of carbonyl (C=O) groups excluding carboxylic acids is 1. The van der Waals surface area contributed by atoms with E-state index in [1.807, 2.05) is 25.7 Å². The molecule has 0 bridgehead atoms. The molecule has 0 radical (unpaired) electrons. The molecule has 19 heavy (non-hydrogen) atoms. The molecule has 1 saturated heterocycles. The van der Waals surface area contributed by atoms with Crippen molar-refractivity contribution in [2.45, 2.75) is 70.9 Å². The number of rotatable bonds is 5. The number of nitrogens with two attached hydrogens (primary N) is 1. The Morgan fingerprint density at radius 2 is 2.00 bits per heavy atom. The summed E-state index contributed by atoms with van der Waals surface area (Å²) >= 11 is 0. The molecule has 4 nitrogen and oxygen atoms in total. The summed E-state index contributed by atoms with van der Waals surface area (Å²) in [5, 5.41) is 10.0. The van der Waals surface area contributed by atoms with Gasteiger partial charge in [-0.15, -0.1) is 0 Å². The maximum atomic E-state index is 12.4. The second kappa shape index (κ2) is 7.25. The molecule has 1 heterocycles. The topological polar surface area (TPSA) is 66.6 Å². The van der Waals surface area contributed by atoms with Crippen molar-refractivity contribution < 1.29 is 9.90 Å². The van der Waals surface area contributed by atoms with Crippen molar-refractivity contribution in [1.82, 2.24) is 4.90 Å². The average Bonchev–Trinajstić information content (AvgIpc) is 2.48. The molecule has 1 aliphatic rings. The molecule has 4 heteroatoms. The molecule has 0 spiro atoms. The van der Waals surface area contributed by atoms with E-state index in [9.17, 15) is 9.90 Å². The summed E-state index contributed by atoms with van der Waals surface area (Å²) in [5.41, 5.74) is 5.12. The minimum atomic E-state index is -0.604. The molecule has 112 valence electrons. The molecule has 1 fully saturated rings. The zero-order valence-electron chi connectivity index (χ0n) is 12.7. The smallest absolute Gasteiger partial charge is 0.225 e. The van der Waals surface area contributed by atoms with Crippen LogP contribution in [0.25, 0.3) is 0 Å². The van der Waals surface area contributed by atoms with Crippen LogP contribution in [0, 0.1) is 5.92 Å². The number of carbonyl (C=O) groups is 1. The van der Waals surface area contributed by atoms with E-state index < -0.39 is 5.60 Å². The monoisotopic (exact) mass is 270 g/mol. The third-order valence-corrected chi connectivity index (χ3v) is 4.09. The summed E-state index contributed by atoms with van der Waals surface area (Å²) in [7, 11) is 0. The van der Waals surface area contributed by atoms with Gasteiger partial charge in [0.25, 0.3) is 0 Å². The van der Waals surface area contributed by atoms with Crippen LogP contribution >= 0.6 is 0 Å². The van der Waals surface area contributed by atoms with Gasteiger partial charge in [0.2, 0.25) is 5.91 Å². The second-order valence-electron chi connectivity index (χ2n) is 6.49. The van der Waals surface area contributed by atoms with Gasteiger partial charge in [0.05, 0.1) is 5.60 Å². The van der Waals surface area contributed by atoms with Gasteiger partial charge in [-0.1, -0.05) is 13.3 Å². The van der Waals surface area contributed by atoms with Crippen LogP contribution in [0.5, 0.6) is 0 Å². The van der Waals surface area contributed by atoms with Gasteiger partial charge in [0, 0.05) is 25.0 Å². The van der Waals surface area contributed by atoms with Gasteiger partial charge < -0.3 is 15.7 Å². The van der Waals surface area contributed by atoms with Gasteiger partial charge in [-0.25, -0.2) is 0 Å². The van der Waals surface area contributed by atoms with E-state index in [-0.39, 0.29) is 17.9 Å². The van der Waals surface area contributed by atoms with Gasteiger partial charge in [-0.05, 0) is 46.0 Å². The van der Waals surface area contributed by atoms with Crippen LogP contribution in [-0.2, 0) is 4.79 Å². The first-order valence-corrected chi connectivity index (χ1v) is 7.58. The normalized spacial score (nSPS) is 27.7. The van der Waals surface area contributed by atoms with Gasteiger partial charge in [-0.2, -0.15) is 0 Å². The molecule has 0 saturated carbocycles. The Balaban J connectivity index is 2.39. The van der Waals surface area contributed by atoms with Crippen molar-refractivity contribution in [1.29, 1.82) is 0 Å². The van der Waals surface area contributed by atoms with Crippen molar-refractivity contribution in [3.05, 3.63) is 0 Å². The van der Waals surface area contributed by atoms with E-state index in [4.69, 9.17) is 5.73 Å². The van der Waals surface area contributed by atoms with E-state index in [1.165, 1.54) is 0 Å². The highest BCUT2D eigenvalue weighted by molar-refractivity contribution is 5.78. The van der Waals surface area contributed by atoms with Crippen molar-refractivity contribution >= 4 is 5.91 Å². The molecule has 3 unspecified atom stereocenters. The van der Waals surface area contributed by atoms with E-state index in [1.54, 1.807) is 0 Å². The lowest BCUT2D eigenvalue weighted by atomic mass is 9.98. The molecule has 3 N–H and O–H groups in total. The van der Waals surface area contributed by atoms with Crippen molar-refractivity contribution in [2.75, 3.05) is 13.1 Å². The van der Waals surface area contributed by atoms with Crippen LogP contribution in [0.3, 0.4) is 0 Å². The van der Waals surface area contributed by atoms with Crippen LogP contribution in [0.15, 0.2) is 0 Å². The minimum Gasteiger partial charge on any atom is -0.390 e. The fourth-order valence-corrected chi connectivity index (χ4v) is 2.66. The molecule has 1 aliphatic heterocycles. The molecule has 0 aromatic heterocycles. The first kappa shape index (κ1) is 16.4. The van der Waals surface area contributed by atoms with E-state index in [0.29, 0.717) is 13.0 Å². The lowest BCUT2D eigenvalue weighted by molar-refractivity contribution is -0.135. The zero-order valence-corrected chi connectivity index (χ0v) is 12.7. The quantitative estimate of drug-likeness (QED) is 0.802. The molecule has 0 aliphatic carbocycles. The van der Waals surface area contributed by atoms with Gasteiger partial charge in [0.1, 0.15) is 0 Å². The van der Waals surface area contributed by atoms with Crippen LogP contribution in [0.2, 0.25) is 0 Å². The minimum absolute atomic E-state index is 0.0711. The van der Waals surface area contributed by atoms with Gasteiger partial charge >= 0.3 is 0 Å². The summed E-state index contributed by atoms with van der Waals surface area (Å²) in [4.78, 5) is 14.3. The lowest BCUT2D eigenvalue weighted by Crippen LogP contribution is -2.37. The molecular formula is C15H30N2O2. The number of nitrogens with zero attached hydrogens (tertiary/aromatic N) is 1. The fourth-order valence-electron chi connectivity index (χ4n) is 2.66. The van der Waals surface area contributed by atoms with Gasteiger partial charge in [-0.3, -0.25) is 4.79 Å². The highest BCUT2D eigenvalue weighted by atomic mass is 16.3. The number of likely N-dealkylation sites (tertiary alicyclic amines) is 1. The Morgan fingerprint density at radius 3 is 2.63 bits per heavy atom. The first-order valence-electron chi connectivity index (χ1n) is 7.58. The summed E-state index contributed by atoms with van der Waals surface area (Å²) in [6.45, 7) is 7.35. The second-order valence-corrected chi connectivity index (χ2v) is 6.49. The summed E-state index contributed by atoms with van der Waals surface area (Å²) < 4.78 is 0. The molecule has 1 rings (SSSR count). The molecule has 0 aromatic carbocycles. The van der Waals surface area contributed by atoms with Crippen LogP contribution in [-0.4, -0.2) is 40.6 Å². The number of hydrogen-bond acceptors (Lipinski definition) is 3. The Hall–Kier alpha value is -0.610.